The topological polar surface area (TPSA) is 94.3 Å². The molecular weight excluding hydrogens is 309 g/mol. The largest absolute Gasteiger partial charge is 0.336 e. The number of primary sulfonamides is 1. The Bertz CT molecular complexity index is 620. The predicted molar refractivity (Wildman–Crippen MR) is 65.9 cm³/mol. The second kappa shape index (κ2) is 4.40. The Kier molecular flexibility index (Phi) is 3.81. The van der Waals surface area contributed by atoms with Crippen LogP contribution >= 0.6 is 23.2 Å². The predicted octanol–water partition coefficient (Wildman–Crippen LogP) is 1.15. The molecule has 0 aliphatic carbocycles. The number of halogens is 2. The summed E-state index contributed by atoms with van der Waals surface area (Å²) in [7, 11) is -9.17. The van der Waals surface area contributed by atoms with Crippen molar-refractivity contribution in [3.05, 3.63) is 29.8 Å². The van der Waals surface area contributed by atoms with Crippen LogP contribution in [0.25, 0.3) is 0 Å². The molecule has 0 heterocycles. The van der Waals surface area contributed by atoms with Gasteiger partial charge in [-0.05, 0) is 19.1 Å². The number of rotatable bonds is 3. The first kappa shape index (κ1) is 14.7. The zero-order chi connectivity index (χ0) is 13.5. The van der Waals surface area contributed by atoms with Gasteiger partial charge < -0.3 is 0 Å². The molecule has 1 aromatic rings. The second-order valence-electron chi connectivity index (χ2n) is 3.32. The molecule has 1 aromatic carbocycles. The summed E-state index contributed by atoms with van der Waals surface area (Å²) < 4.78 is 42.8. The lowest BCUT2D eigenvalue weighted by molar-refractivity contribution is 0.582. The number of benzene rings is 1. The highest BCUT2D eigenvalue weighted by Gasteiger charge is 2.51. The van der Waals surface area contributed by atoms with Crippen LogP contribution in [0, 0.1) is 6.92 Å². The van der Waals surface area contributed by atoms with E-state index >= 15 is 0 Å². The van der Waals surface area contributed by atoms with E-state index in [2.05, 4.69) is 0 Å². The molecule has 0 spiro atoms. The molecule has 2 N–H and O–H groups in total. The lowest BCUT2D eigenvalue weighted by Gasteiger charge is -2.17. The number of hydrogen-bond donors (Lipinski definition) is 1. The Morgan fingerprint density at radius 1 is 1.06 bits per heavy atom. The molecule has 0 aliphatic rings. The van der Waals surface area contributed by atoms with Gasteiger partial charge in [-0.15, -0.1) is 0 Å². The molecule has 0 saturated heterocycles. The molecule has 96 valence electrons. The average molecular weight is 318 g/mol. The van der Waals surface area contributed by atoms with Gasteiger partial charge in [-0.2, -0.15) is 0 Å². The van der Waals surface area contributed by atoms with Gasteiger partial charge in [0.15, 0.2) is 0 Å². The summed E-state index contributed by atoms with van der Waals surface area (Å²) >= 11 is 10.7. The SMILES string of the molecule is Cc1ccc(S(=O)(=O)C(Cl)(Cl)S(N)(=O)=O)cc1. The van der Waals surface area contributed by atoms with Gasteiger partial charge in [0.25, 0.3) is 10.0 Å². The third-order valence-electron chi connectivity index (χ3n) is 1.98. The molecule has 0 fully saturated rings. The van der Waals surface area contributed by atoms with Crippen molar-refractivity contribution in [1.29, 1.82) is 0 Å². The van der Waals surface area contributed by atoms with Crippen molar-refractivity contribution in [2.45, 2.75) is 14.8 Å². The van der Waals surface area contributed by atoms with Crippen molar-refractivity contribution < 1.29 is 16.8 Å². The van der Waals surface area contributed by atoms with Crippen LogP contribution in [0.5, 0.6) is 0 Å². The Morgan fingerprint density at radius 2 is 1.47 bits per heavy atom. The Balaban J connectivity index is 3.45. The molecule has 0 amide bonds. The van der Waals surface area contributed by atoms with E-state index in [1.54, 1.807) is 6.92 Å². The van der Waals surface area contributed by atoms with Gasteiger partial charge in [-0.1, -0.05) is 40.9 Å². The van der Waals surface area contributed by atoms with E-state index in [1.807, 2.05) is 0 Å². The molecule has 0 unspecified atom stereocenters. The zero-order valence-electron chi connectivity index (χ0n) is 8.59. The minimum absolute atomic E-state index is 0.317. The summed E-state index contributed by atoms with van der Waals surface area (Å²) in [6, 6.07) is 5.38. The normalized spacial score (nSPS) is 13.6. The van der Waals surface area contributed by atoms with Gasteiger partial charge in [-0.25, -0.2) is 22.0 Å². The third-order valence-corrected chi connectivity index (χ3v) is 8.02. The zero-order valence-corrected chi connectivity index (χ0v) is 11.7. The summed E-state index contributed by atoms with van der Waals surface area (Å²) in [5.41, 5.74) is 0.800. The van der Waals surface area contributed by atoms with Crippen LogP contribution in [0.3, 0.4) is 0 Å². The number of alkyl halides is 2. The average Bonchev–Trinajstić information content (AvgIpc) is 2.16. The smallest absolute Gasteiger partial charge is 0.225 e. The molecule has 17 heavy (non-hydrogen) atoms. The Morgan fingerprint density at radius 3 is 1.82 bits per heavy atom. The molecular formula is C8H9Cl2NO4S2. The highest BCUT2D eigenvalue weighted by atomic mass is 35.5. The molecule has 0 atom stereocenters. The van der Waals surface area contributed by atoms with Crippen LogP contribution in [-0.4, -0.2) is 19.8 Å². The molecule has 0 bridgehead atoms. The standard InChI is InChI=1S/C8H9Cl2NO4S2/c1-6-2-4-7(5-3-6)16(12,13)8(9,10)17(11,14)15/h2-5H,1H3,(H2,11,14,15). The quantitative estimate of drug-likeness (QED) is 0.846. The maximum absolute atomic E-state index is 11.9. The maximum Gasteiger partial charge on any atom is 0.336 e. The van der Waals surface area contributed by atoms with Crippen molar-refractivity contribution >= 4 is 43.1 Å². The number of sulfone groups is 1. The van der Waals surface area contributed by atoms with Crippen LogP contribution in [0.2, 0.25) is 0 Å². The van der Waals surface area contributed by atoms with E-state index in [0.717, 1.165) is 5.56 Å². The molecule has 9 heteroatoms. The number of sulfonamides is 1. The Labute approximate surface area is 109 Å². The van der Waals surface area contributed by atoms with E-state index in [1.165, 1.54) is 24.3 Å². The van der Waals surface area contributed by atoms with Crippen LogP contribution in [0.4, 0.5) is 0 Å². The van der Waals surface area contributed by atoms with Crippen LogP contribution in [0.15, 0.2) is 29.2 Å². The minimum Gasteiger partial charge on any atom is -0.225 e. The van der Waals surface area contributed by atoms with E-state index in [4.69, 9.17) is 28.3 Å². The molecule has 0 saturated carbocycles. The van der Waals surface area contributed by atoms with E-state index in [9.17, 15) is 16.8 Å². The highest BCUT2D eigenvalue weighted by molar-refractivity contribution is 8.13. The molecule has 0 aliphatic heterocycles. The fraction of sp³-hybridized carbons (Fsp3) is 0.250. The van der Waals surface area contributed by atoms with Crippen LogP contribution in [-0.2, 0) is 19.9 Å². The van der Waals surface area contributed by atoms with Gasteiger partial charge in [0, 0.05) is 0 Å². The van der Waals surface area contributed by atoms with Crippen molar-refractivity contribution in [2.24, 2.45) is 5.14 Å². The molecule has 0 aromatic heterocycles. The summed E-state index contributed by atoms with van der Waals surface area (Å²) in [5.74, 6) is 0. The van der Waals surface area contributed by atoms with Gasteiger partial charge in [-0.3, -0.25) is 0 Å². The minimum atomic E-state index is -4.68. The first-order valence-corrected chi connectivity index (χ1v) is 8.00. The van der Waals surface area contributed by atoms with Crippen molar-refractivity contribution in [2.75, 3.05) is 0 Å². The summed E-state index contributed by atoms with van der Waals surface area (Å²) in [6.07, 6.45) is 0. The summed E-state index contributed by atoms with van der Waals surface area (Å²) in [6.45, 7) is 1.74. The fourth-order valence-corrected chi connectivity index (χ4v) is 3.82. The summed E-state index contributed by atoms with van der Waals surface area (Å²) in [5, 5.41) is 4.70. The van der Waals surface area contributed by atoms with Gasteiger partial charge in [0.1, 0.15) is 0 Å². The van der Waals surface area contributed by atoms with Crippen molar-refractivity contribution in [1.82, 2.24) is 0 Å². The Hall–Kier alpha value is -0.340. The van der Waals surface area contributed by atoms with Gasteiger partial charge >= 0.3 is 3.00 Å². The van der Waals surface area contributed by atoms with Crippen molar-refractivity contribution in [3.63, 3.8) is 0 Å². The maximum atomic E-state index is 11.9. The number of nitrogens with two attached hydrogens (primary N) is 1. The van der Waals surface area contributed by atoms with Crippen LogP contribution in [0.1, 0.15) is 5.56 Å². The monoisotopic (exact) mass is 317 g/mol. The second-order valence-corrected chi connectivity index (χ2v) is 9.60. The fourth-order valence-electron chi connectivity index (χ4n) is 1.01. The molecule has 1 rings (SSSR count). The van der Waals surface area contributed by atoms with E-state index in [0.29, 0.717) is 0 Å². The number of aryl methyl sites for hydroxylation is 1. The van der Waals surface area contributed by atoms with Gasteiger partial charge in [0.2, 0.25) is 9.84 Å². The van der Waals surface area contributed by atoms with E-state index < -0.39 is 22.9 Å². The first-order chi connectivity index (χ1) is 7.50. The number of hydrogen-bond acceptors (Lipinski definition) is 4. The highest BCUT2D eigenvalue weighted by Crippen LogP contribution is 2.37. The van der Waals surface area contributed by atoms with Crippen LogP contribution < -0.4 is 5.14 Å². The van der Waals surface area contributed by atoms with Crippen molar-refractivity contribution in [3.8, 4) is 0 Å². The molecule has 0 radical (unpaired) electrons. The van der Waals surface area contributed by atoms with E-state index in [-0.39, 0.29) is 4.90 Å². The third kappa shape index (κ3) is 2.58. The molecule has 5 nitrogen and oxygen atoms in total. The summed E-state index contributed by atoms with van der Waals surface area (Å²) in [4.78, 5) is -0.317. The lowest BCUT2D eigenvalue weighted by Crippen LogP contribution is -2.40. The lowest BCUT2D eigenvalue weighted by atomic mass is 10.2. The van der Waals surface area contributed by atoms with Gasteiger partial charge in [0.05, 0.1) is 4.90 Å². The first-order valence-electron chi connectivity index (χ1n) is 4.21.